The molecule has 8 nitrogen and oxygen atoms in total. The first-order valence-electron chi connectivity index (χ1n) is 13.6. The molecular formula is C28H39N4O4SSi-. The highest BCUT2D eigenvalue weighted by molar-refractivity contribution is 7.85. The molecule has 0 bridgehead atoms. The predicted octanol–water partition coefficient (Wildman–Crippen LogP) is 5.81. The molecule has 2 aliphatic carbocycles. The zero-order valence-corrected chi connectivity index (χ0v) is 24.8. The molecule has 3 aromatic rings. The summed E-state index contributed by atoms with van der Waals surface area (Å²) in [7, 11) is -6.37. The summed E-state index contributed by atoms with van der Waals surface area (Å²) in [6.07, 6.45) is 7.52. The molecule has 4 atom stereocenters. The lowest BCUT2D eigenvalue weighted by molar-refractivity contribution is 0.137. The molecule has 1 saturated carbocycles. The van der Waals surface area contributed by atoms with Gasteiger partial charge in [0, 0.05) is 24.1 Å². The van der Waals surface area contributed by atoms with Gasteiger partial charge >= 0.3 is 0 Å². The standard InChI is InChI=1S/C28H40N4O4SSi/c1-28(2,3)38(4,5)36-25-17-21(16-20(25)13-15-37(33,34)35)32-14-12-23-26(29-18-30-27(23)32)31-24-11-10-19-8-6-7-9-22(19)24/h6-9,12,14,18,20-21,24-25H,10-11,13,15-17H2,1-5H3,(H,29,30,31)(H,33,34,35)/p-1/t20-,21-,24+,25+/m1/s1. The van der Waals surface area contributed by atoms with Crippen molar-refractivity contribution in [1.29, 1.82) is 0 Å². The summed E-state index contributed by atoms with van der Waals surface area (Å²) in [6, 6.07) is 11.0. The lowest BCUT2D eigenvalue weighted by Gasteiger charge is -2.40. The van der Waals surface area contributed by atoms with Crippen molar-refractivity contribution >= 4 is 35.3 Å². The number of hydrogen-bond acceptors (Lipinski definition) is 7. The van der Waals surface area contributed by atoms with Crippen LogP contribution in [-0.4, -0.2) is 47.7 Å². The maximum absolute atomic E-state index is 11.5. The van der Waals surface area contributed by atoms with Gasteiger partial charge in [-0.1, -0.05) is 45.0 Å². The fourth-order valence-electron chi connectivity index (χ4n) is 5.84. The molecule has 206 valence electrons. The van der Waals surface area contributed by atoms with Gasteiger partial charge in [-0.05, 0) is 73.3 Å². The lowest BCUT2D eigenvalue weighted by Crippen LogP contribution is -2.45. The maximum atomic E-state index is 11.5. The summed E-state index contributed by atoms with van der Waals surface area (Å²) in [6.45, 7) is 11.1. The van der Waals surface area contributed by atoms with Gasteiger partial charge < -0.3 is 18.9 Å². The van der Waals surface area contributed by atoms with E-state index >= 15 is 0 Å². The number of aromatic nitrogens is 3. The molecule has 0 saturated heterocycles. The van der Waals surface area contributed by atoms with Crippen LogP contribution < -0.4 is 5.32 Å². The van der Waals surface area contributed by atoms with Crippen LogP contribution in [-0.2, 0) is 21.0 Å². The molecule has 0 unspecified atom stereocenters. The first kappa shape index (κ1) is 27.3. The molecule has 10 heteroatoms. The van der Waals surface area contributed by atoms with Gasteiger partial charge in [-0.3, -0.25) is 0 Å². The van der Waals surface area contributed by atoms with E-state index in [0.717, 1.165) is 42.5 Å². The van der Waals surface area contributed by atoms with Crippen molar-refractivity contribution in [2.24, 2.45) is 5.92 Å². The zero-order chi connectivity index (χ0) is 27.3. The average molecular weight is 556 g/mol. The molecule has 0 amide bonds. The van der Waals surface area contributed by atoms with E-state index in [0.29, 0.717) is 6.42 Å². The van der Waals surface area contributed by atoms with Crippen LogP contribution in [0.2, 0.25) is 18.1 Å². The van der Waals surface area contributed by atoms with E-state index < -0.39 is 18.4 Å². The van der Waals surface area contributed by atoms with Gasteiger partial charge in [0.05, 0.1) is 21.5 Å². The normalized spacial score (nSPS) is 24.2. The lowest BCUT2D eigenvalue weighted by atomic mass is 10.0. The van der Waals surface area contributed by atoms with E-state index in [1.807, 2.05) is 0 Å². The van der Waals surface area contributed by atoms with Crippen LogP contribution in [0.15, 0.2) is 42.9 Å². The highest BCUT2D eigenvalue weighted by Gasteiger charge is 2.44. The Bertz CT molecular complexity index is 1420. The fourth-order valence-corrected chi connectivity index (χ4v) is 7.83. The Morgan fingerprint density at radius 2 is 1.92 bits per heavy atom. The van der Waals surface area contributed by atoms with Crippen molar-refractivity contribution in [3.8, 4) is 0 Å². The summed E-state index contributed by atoms with van der Waals surface area (Å²) in [4.78, 5) is 9.24. The molecule has 5 rings (SSSR count). The average Bonchev–Trinajstić information content (AvgIpc) is 3.54. The third-order valence-corrected chi connectivity index (χ3v) is 14.2. The number of nitrogens with zero attached hydrogens (tertiary/aromatic N) is 3. The van der Waals surface area contributed by atoms with Crippen LogP contribution in [0.25, 0.3) is 11.0 Å². The van der Waals surface area contributed by atoms with Crippen molar-refractivity contribution in [2.75, 3.05) is 11.1 Å². The largest absolute Gasteiger partial charge is 0.748 e. The SMILES string of the molecule is CC(C)(C)[Si](C)(C)O[C@H]1C[C@H](n2ccc3c(N[C@H]4CCc5ccccc54)ncnc32)C[C@H]1CCS(=O)(=O)[O-]. The summed E-state index contributed by atoms with van der Waals surface area (Å²) in [5, 5.41) is 4.67. The first-order chi connectivity index (χ1) is 17.8. The van der Waals surface area contributed by atoms with Crippen molar-refractivity contribution in [3.63, 3.8) is 0 Å². The van der Waals surface area contributed by atoms with Crippen LogP contribution in [0.4, 0.5) is 5.82 Å². The summed E-state index contributed by atoms with van der Waals surface area (Å²) in [5.74, 6) is 0.481. The van der Waals surface area contributed by atoms with E-state index in [1.54, 1.807) is 6.33 Å². The molecule has 1 fully saturated rings. The minimum atomic E-state index is -4.28. The molecule has 1 N–H and O–H groups in total. The van der Waals surface area contributed by atoms with Gasteiger partial charge in [-0.2, -0.15) is 0 Å². The Balaban J connectivity index is 1.40. The number of fused-ring (bicyclic) bond motifs is 2. The van der Waals surface area contributed by atoms with E-state index in [9.17, 15) is 13.0 Å². The number of rotatable bonds is 8. The highest BCUT2D eigenvalue weighted by Crippen LogP contribution is 2.45. The molecule has 2 aliphatic rings. The van der Waals surface area contributed by atoms with Gasteiger partial charge in [0.25, 0.3) is 0 Å². The van der Waals surface area contributed by atoms with Crippen molar-refractivity contribution < 1.29 is 17.4 Å². The molecule has 0 radical (unpaired) electrons. The van der Waals surface area contributed by atoms with Crippen molar-refractivity contribution in [2.45, 2.75) is 89.2 Å². The van der Waals surface area contributed by atoms with Crippen LogP contribution in [0, 0.1) is 5.92 Å². The van der Waals surface area contributed by atoms with E-state index in [1.165, 1.54) is 11.1 Å². The van der Waals surface area contributed by atoms with Gasteiger partial charge in [0.2, 0.25) is 0 Å². The smallest absolute Gasteiger partial charge is 0.192 e. The van der Waals surface area contributed by atoms with Crippen LogP contribution in [0.5, 0.6) is 0 Å². The van der Waals surface area contributed by atoms with Gasteiger partial charge in [0.1, 0.15) is 17.8 Å². The Kier molecular flexibility index (Phi) is 7.21. The van der Waals surface area contributed by atoms with Gasteiger partial charge in [0.15, 0.2) is 8.32 Å². The number of benzene rings is 1. The van der Waals surface area contributed by atoms with Crippen LogP contribution >= 0.6 is 0 Å². The van der Waals surface area contributed by atoms with Crippen molar-refractivity contribution in [1.82, 2.24) is 14.5 Å². The van der Waals surface area contributed by atoms with E-state index in [4.69, 9.17) is 4.43 Å². The topological polar surface area (TPSA) is 109 Å². The second-order valence-corrected chi connectivity index (χ2v) is 18.7. The molecule has 1 aromatic carbocycles. The Hall–Kier alpha value is -2.27. The Labute approximate surface area is 227 Å². The predicted molar refractivity (Wildman–Crippen MR) is 152 cm³/mol. The molecule has 2 aromatic heterocycles. The second kappa shape index (κ2) is 10.0. The minimum Gasteiger partial charge on any atom is -0.748 e. The second-order valence-electron chi connectivity index (χ2n) is 12.5. The molecule has 0 spiro atoms. The number of aryl methyl sites for hydroxylation is 1. The van der Waals surface area contributed by atoms with Gasteiger partial charge in [-0.25, -0.2) is 18.4 Å². The van der Waals surface area contributed by atoms with Gasteiger partial charge in [-0.15, -0.1) is 0 Å². The minimum absolute atomic E-state index is 0.00437. The van der Waals surface area contributed by atoms with Crippen LogP contribution in [0.3, 0.4) is 0 Å². The summed E-state index contributed by atoms with van der Waals surface area (Å²) < 4.78 is 43.4. The van der Waals surface area contributed by atoms with E-state index in [2.05, 4.69) is 90.2 Å². The number of hydrogen-bond donors (Lipinski definition) is 1. The Morgan fingerprint density at radius 1 is 1.16 bits per heavy atom. The molecule has 2 heterocycles. The van der Waals surface area contributed by atoms with Crippen LogP contribution in [0.1, 0.15) is 69.7 Å². The maximum Gasteiger partial charge on any atom is 0.192 e. The molecule has 38 heavy (non-hydrogen) atoms. The highest BCUT2D eigenvalue weighted by atomic mass is 32.2. The summed E-state index contributed by atoms with van der Waals surface area (Å²) in [5.41, 5.74) is 3.58. The quantitative estimate of drug-likeness (QED) is 0.276. The molecular weight excluding hydrogens is 516 g/mol. The molecule has 0 aliphatic heterocycles. The van der Waals surface area contributed by atoms with Crippen molar-refractivity contribution in [3.05, 3.63) is 54.0 Å². The first-order valence-corrected chi connectivity index (χ1v) is 18.1. The Morgan fingerprint density at radius 3 is 2.66 bits per heavy atom. The monoisotopic (exact) mass is 555 g/mol. The van der Waals surface area contributed by atoms with E-state index in [-0.39, 0.29) is 34.9 Å². The number of nitrogens with one attached hydrogen (secondary N) is 1. The zero-order valence-electron chi connectivity index (χ0n) is 23.0. The third-order valence-electron chi connectivity index (χ3n) is 8.94. The number of anilines is 1. The fraction of sp³-hybridized carbons (Fsp3) is 0.571. The third kappa shape index (κ3) is 5.54. The summed E-state index contributed by atoms with van der Waals surface area (Å²) >= 11 is 0.